The maximum absolute atomic E-state index is 14.0. The molecule has 1 aromatic heterocycles. The lowest BCUT2D eigenvalue weighted by molar-refractivity contribution is -0.113. The van der Waals surface area contributed by atoms with Crippen LogP contribution in [0, 0.1) is 5.82 Å². The first-order valence-corrected chi connectivity index (χ1v) is 11.3. The lowest BCUT2D eigenvalue weighted by atomic mass is 10.2. The molecule has 156 valence electrons. The molecule has 30 heavy (non-hydrogen) atoms. The summed E-state index contributed by atoms with van der Waals surface area (Å²) in [6.07, 6.45) is 1.80. The lowest BCUT2D eigenvalue weighted by Crippen LogP contribution is -2.29. The van der Waals surface area contributed by atoms with Crippen molar-refractivity contribution < 1.29 is 13.9 Å². The minimum absolute atomic E-state index is 0.00813. The summed E-state index contributed by atoms with van der Waals surface area (Å²) in [5.41, 5.74) is 0.526. The normalized spacial score (nSPS) is 16.1. The Kier molecular flexibility index (Phi) is 6.50. The van der Waals surface area contributed by atoms with Crippen LogP contribution in [-0.2, 0) is 16.1 Å². The minimum Gasteiger partial charge on any atom is -0.376 e. The Morgan fingerprint density at radius 2 is 2.17 bits per heavy atom. The van der Waals surface area contributed by atoms with Crippen molar-refractivity contribution in [1.82, 2.24) is 9.55 Å². The van der Waals surface area contributed by atoms with Crippen LogP contribution in [0.4, 0.5) is 10.1 Å². The average molecular weight is 492 g/mol. The van der Waals surface area contributed by atoms with Crippen molar-refractivity contribution in [2.24, 2.45) is 0 Å². The third-order valence-electron chi connectivity index (χ3n) is 4.77. The van der Waals surface area contributed by atoms with E-state index in [1.165, 1.54) is 12.1 Å². The highest BCUT2D eigenvalue weighted by Gasteiger charge is 2.21. The number of rotatable bonds is 6. The van der Waals surface area contributed by atoms with Gasteiger partial charge in [0, 0.05) is 11.1 Å². The number of amides is 1. The van der Waals surface area contributed by atoms with Gasteiger partial charge in [0.2, 0.25) is 5.91 Å². The number of nitrogens with zero attached hydrogens (tertiary/aromatic N) is 2. The van der Waals surface area contributed by atoms with E-state index in [4.69, 9.17) is 4.74 Å². The summed E-state index contributed by atoms with van der Waals surface area (Å²) in [6, 6.07) is 11.6. The molecule has 9 heteroatoms. The van der Waals surface area contributed by atoms with Gasteiger partial charge in [-0.15, -0.1) is 0 Å². The molecule has 0 spiro atoms. The van der Waals surface area contributed by atoms with Crippen LogP contribution in [0.1, 0.15) is 12.8 Å². The number of para-hydroxylation sites is 1. The van der Waals surface area contributed by atoms with Crippen LogP contribution in [0.15, 0.2) is 56.9 Å². The number of benzene rings is 2. The molecule has 6 nitrogen and oxygen atoms in total. The molecule has 1 N–H and O–H groups in total. The van der Waals surface area contributed by atoms with Crippen LogP contribution in [-0.4, -0.2) is 33.9 Å². The second-order valence-corrected chi connectivity index (χ2v) is 8.78. The number of thioether (sulfide) groups is 1. The number of hydrogen-bond donors (Lipinski definition) is 1. The molecular formula is C21H19BrFN3O3S. The molecular weight excluding hydrogens is 473 g/mol. The molecule has 1 aliphatic heterocycles. The van der Waals surface area contributed by atoms with Gasteiger partial charge in [0.15, 0.2) is 5.16 Å². The summed E-state index contributed by atoms with van der Waals surface area (Å²) in [7, 11) is 0. The van der Waals surface area contributed by atoms with Gasteiger partial charge in [0.05, 0.1) is 35.0 Å². The molecule has 4 rings (SSSR count). The molecule has 0 radical (unpaired) electrons. The number of nitrogens with one attached hydrogen (secondary N) is 1. The molecule has 1 atom stereocenters. The van der Waals surface area contributed by atoms with Gasteiger partial charge >= 0.3 is 0 Å². The smallest absolute Gasteiger partial charge is 0.262 e. The van der Waals surface area contributed by atoms with E-state index in [0.717, 1.165) is 24.6 Å². The maximum atomic E-state index is 14.0. The quantitative estimate of drug-likeness (QED) is 0.413. The average Bonchev–Trinajstić information content (AvgIpc) is 3.24. The Hall–Kier alpha value is -2.23. The predicted molar refractivity (Wildman–Crippen MR) is 118 cm³/mol. The Morgan fingerprint density at radius 1 is 1.33 bits per heavy atom. The standard InChI is InChI=1S/C21H19BrFN3O3S/c22-13-7-8-18(16(23)10-13)24-19(27)12-30-21-25-17-6-2-1-5-15(17)20(28)26(21)11-14-4-3-9-29-14/h1-2,5-8,10,14H,3-4,9,11-12H2,(H,24,27). The summed E-state index contributed by atoms with van der Waals surface area (Å²) in [6.45, 7) is 1.08. The monoisotopic (exact) mass is 491 g/mol. The summed E-state index contributed by atoms with van der Waals surface area (Å²) in [5, 5.41) is 3.53. The van der Waals surface area contributed by atoms with Gasteiger partial charge in [-0.3, -0.25) is 14.2 Å². The zero-order valence-electron chi connectivity index (χ0n) is 15.9. The van der Waals surface area contributed by atoms with E-state index in [1.807, 2.05) is 6.07 Å². The van der Waals surface area contributed by atoms with E-state index in [2.05, 4.69) is 26.2 Å². The van der Waals surface area contributed by atoms with Gasteiger partial charge in [-0.05, 0) is 43.2 Å². The highest BCUT2D eigenvalue weighted by atomic mass is 79.9. The molecule has 1 aliphatic rings. The third-order valence-corrected chi connectivity index (χ3v) is 6.24. The maximum Gasteiger partial charge on any atom is 0.262 e. The van der Waals surface area contributed by atoms with Gasteiger partial charge in [0.1, 0.15) is 5.82 Å². The molecule has 0 bridgehead atoms. The Bertz CT molecular complexity index is 1150. The second kappa shape index (κ2) is 9.28. The molecule has 1 saturated heterocycles. The van der Waals surface area contributed by atoms with Gasteiger partial charge in [-0.1, -0.05) is 39.8 Å². The van der Waals surface area contributed by atoms with Crippen LogP contribution in [0.2, 0.25) is 0 Å². The van der Waals surface area contributed by atoms with Crippen molar-refractivity contribution in [1.29, 1.82) is 0 Å². The number of carbonyl (C=O) groups is 1. The SMILES string of the molecule is O=C(CSc1nc2ccccc2c(=O)n1CC1CCCO1)Nc1ccc(Br)cc1F. The number of carbonyl (C=O) groups excluding carboxylic acids is 1. The Labute approximate surface area is 185 Å². The summed E-state index contributed by atoms with van der Waals surface area (Å²) in [5.74, 6) is -0.916. The lowest BCUT2D eigenvalue weighted by Gasteiger charge is -2.16. The largest absolute Gasteiger partial charge is 0.376 e. The third kappa shape index (κ3) is 4.74. The molecule has 1 unspecified atom stereocenters. The highest BCUT2D eigenvalue weighted by molar-refractivity contribution is 9.10. The van der Waals surface area contributed by atoms with E-state index in [9.17, 15) is 14.0 Å². The van der Waals surface area contributed by atoms with Crippen LogP contribution in [0.3, 0.4) is 0 Å². The van der Waals surface area contributed by atoms with Crippen molar-refractivity contribution in [3.05, 3.63) is 63.1 Å². The van der Waals surface area contributed by atoms with Crippen LogP contribution in [0.5, 0.6) is 0 Å². The number of hydrogen-bond acceptors (Lipinski definition) is 5. The van der Waals surface area contributed by atoms with Crippen molar-refractivity contribution in [3.8, 4) is 0 Å². The van der Waals surface area contributed by atoms with Crippen LogP contribution >= 0.6 is 27.7 Å². The Balaban J connectivity index is 1.56. The summed E-state index contributed by atoms with van der Waals surface area (Å²) < 4.78 is 21.8. The van der Waals surface area contributed by atoms with E-state index in [-0.39, 0.29) is 29.0 Å². The Morgan fingerprint density at radius 3 is 2.93 bits per heavy atom. The number of aromatic nitrogens is 2. The van der Waals surface area contributed by atoms with Gasteiger partial charge in [0.25, 0.3) is 5.56 Å². The number of fused-ring (bicyclic) bond motifs is 1. The molecule has 0 aliphatic carbocycles. The fourth-order valence-corrected chi connectivity index (χ4v) is 4.46. The highest BCUT2D eigenvalue weighted by Crippen LogP contribution is 2.23. The molecule has 0 saturated carbocycles. The van der Waals surface area contributed by atoms with Crippen LogP contribution in [0.25, 0.3) is 10.9 Å². The molecule has 1 amide bonds. The topological polar surface area (TPSA) is 73.2 Å². The fourth-order valence-electron chi connectivity index (χ4n) is 3.32. The first kappa shape index (κ1) is 21.0. The van der Waals surface area contributed by atoms with Crippen molar-refractivity contribution in [3.63, 3.8) is 0 Å². The summed E-state index contributed by atoms with van der Waals surface area (Å²) in [4.78, 5) is 30.0. The summed E-state index contributed by atoms with van der Waals surface area (Å²) >= 11 is 4.33. The number of ether oxygens (including phenoxy) is 1. The first-order valence-electron chi connectivity index (χ1n) is 9.50. The van der Waals surface area contributed by atoms with Crippen LogP contribution < -0.4 is 10.9 Å². The van der Waals surface area contributed by atoms with Crippen molar-refractivity contribution in [2.45, 2.75) is 30.6 Å². The zero-order valence-corrected chi connectivity index (χ0v) is 18.3. The van der Waals surface area contributed by atoms with E-state index >= 15 is 0 Å². The van der Waals surface area contributed by atoms with Gasteiger partial charge < -0.3 is 10.1 Å². The van der Waals surface area contributed by atoms with E-state index < -0.39 is 5.82 Å². The predicted octanol–water partition coefficient (Wildman–Crippen LogP) is 4.21. The number of halogens is 2. The molecule has 2 heterocycles. The second-order valence-electron chi connectivity index (χ2n) is 6.92. The van der Waals surface area contributed by atoms with Crippen molar-refractivity contribution in [2.75, 3.05) is 17.7 Å². The van der Waals surface area contributed by atoms with Gasteiger partial charge in [-0.25, -0.2) is 9.37 Å². The minimum atomic E-state index is -0.526. The van der Waals surface area contributed by atoms with E-state index in [0.29, 0.717) is 33.7 Å². The zero-order chi connectivity index (χ0) is 21.1. The first-order chi connectivity index (χ1) is 14.5. The fraction of sp³-hybridized carbons (Fsp3) is 0.286. The van der Waals surface area contributed by atoms with E-state index in [1.54, 1.807) is 28.8 Å². The van der Waals surface area contributed by atoms with Gasteiger partial charge in [-0.2, -0.15) is 0 Å². The molecule has 1 fully saturated rings. The van der Waals surface area contributed by atoms with Crippen molar-refractivity contribution >= 4 is 50.2 Å². The molecule has 2 aromatic carbocycles. The molecule has 3 aromatic rings. The number of anilines is 1.